The topological polar surface area (TPSA) is 144 Å². The maximum atomic E-state index is 12.6. The molecule has 12 heteroatoms. The van der Waals surface area contributed by atoms with E-state index in [2.05, 4.69) is 35.8 Å². The molecule has 1 aromatic carbocycles. The van der Waals surface area contributed by atoms with E-state index < -0.39 is 5.91 Å². The number of nitrogen functional groups attached to an aromatic ring is 1. The third kappa shape index (κ3) is 4.55. The van der Waals surface area contributed by atoms with E-state index in [4.69, 9.17) is 5.73 Å². The van der Waals surface area contributed by atoms with Gasteiger partial charge in [0.25, 0.3) is 5.91 Å². The number of anilines is 2. The van der Waals surface area contributed by atoms with E-state index >= 15 is 0 Å². The number of benzene rings is 1. The summed E-state index contributed by atoms with van der Waals surface area (Å²) in [6.45, 7) is 0.359. The number of amides is 1. The van der Waals surface area contributed by atoms with Gasteiger partial charge in [0.1, 0.15) is 0 Å². The van der Waals surface area contributed by atoms with E-state index in [9.17, 15) is 4.79 Å². The second-order valence-electron chi connectivity index (χ2n) is 6.69. The van der Waals surface area contributed by atoms with Crippen molar-refractivity contribution in [3.05, 3.63) is 41.2 Å². The number of nitrogens with zero attached hydrogens (tertiary/aromatic N) is 8. The van der Waals surface area contributed by atoms with Crippen LogP contribution in [0.4, 0.5) is 11.5 Å². The van der Waals surface area contributed by atoms with Gasteiger partial charge in [-0.2, -0.15) is 9.78 Å². The Balaban J connectivity index is 1.78. The highest BCUT2D eigenvalue weighted by atomic mass is 16.6. The van der Waals surface area contributed by atoms with Gasteiger partial charge in [-0.05, 0) is 42.1 Å². The van der Waals surface area contributed by atoms with Gasteiger partial charge in [-0.25, -0.2) is 10.1 Å². The van der Waals surface area contributed by atoms with Gasteiger partial charge < -0.3 is 15.5 Å². The molecular weight excluding hydrogens is 376 g/mol. The van der Waals surface area contributed by atoms with E-state index in [0.29, 0.717) is 12.2 Å². The van der Waals surface area contributed by atoms with Crippen molar-refractivity contribution in [3.63, 3.8) is 0 Å². The number of nitrogens with one attached hydrogen (secondary N) is 1. The standard InChI is InChI=1S/C17H22N10O2/c1-25(2)10-13-14(20-24-27(13)16-15(18)22-29-23-16)17(28)21-19-9-11-5-7-12(8-6-11)26(3)4/h5-9H,10H2,1-4H3,(H2,18,22)(H,21,28)/b19-9-. The Hall–Kier alpha value is -3.80. The van der Waals surface area contributed by atoms with Crippen LogP contribution in [0.5, 0.6) is 0 Å². The first-order valence-corrected chi connectivity index (χ1v) is 8.65. The van der Waals surface area contributed by atoms with Crippen LogP contribution < -0.4 is 16.1 Å². The maximum Gasteiger partial charge on any atom is 0.293 e. The van der Waals surface area contributed by atoms with Crippen LogP contribution in [0.2, 0.25) is 0 Å². The number of hydrazone groups is 1. The summed E-state index contributed by atoms with van der Waals surface area (Å²) in [6.07, 6.45) is 1.55. The zero-order valence-electron chi connectivity index (χ0n) is 16.6. The second-order valence-corrected chi connectivity index (χ2v) is 6.69. The first-order chi connectivity index (χ1) is 13.9. The monoisotopic (exact) mass is 398 g/mol. The SMILES string of the molecule is CN(C)Cc1c(C(=O)N/N=C\c2ccc(N(C)C)cc2)nnn1-c1nonc1N. The molecule has 29 heavy (non-hydrogen) atoms. The van der Waals surface area contributed by atoms with E-state index in [0.717, 1.165) is 11.3 Å². The minimum Gasteiger partial charge on any atom is -0.378 e. The van der Waals surface area contributed by atoms with Gasteiger partial charge in [-0.1, -0.05) is 17.3 Å². The quantitative estimate of drug-likeness (QED) is 0.419. The van der Waals surface area contributed by atoms with Crippen molar-refractivity contribution in [1.29, 1.82) is 0 Å². The number of aromatic nitrogens is 5. The predicted octanol–water partition coefficient (Wildman–Crippen LogP) is 0.124. The normalized spacial score (nSPS) is 11.3. The summed E-state index contributed by atoms with van der Waals surface area (Å²) < 4.78 is 5.94. The van der Waals surface area contributed by atoms with E-state index in [1.807, 2.05) is 62.3 Å². The van der Waals surface area contributed by atoms with Gasteiger partial charge in [0, 0.05) is 26.3 Å². The van der Waals surface area contributed by atoms with Crippen LogP contribution in [-0.4, -0.2) is 70.5 Å². The average Bonchev–Trinajstić information content (AvgIpc) is 3.27. The predicted molar refractivity (Wildman–Crippen MR) is 107 cm³/mol. The molecular formula is C17H22N10O2. The fraction of sp³-hybridized carbons (Fsp3) is 0.294. The molecule has 0 spiro atoms. The lowest BCUT2D eigenvalue weighted by atomic mass is 10.2. The largest absolute Gasteiger partial charge is 0.378 e. The number of hydrogen-bond donors (Lipinski definition) is 2. The summed E-state index contributed by atoms with van der Waals surface area (Å²) in [5.41, 5.74) is 10.7. The van der Waals surface area contributed by atoms with Crippen molar-refractivity contribution in [1.82, 2.24) is 35.6 Å². The molecule has 0 fully saturated rings. The third-order valence-corrected chi connectivity index (χ3v) is 3.93. The lowest BCUT2D eigenvalue weighted by molar-refractivity contribution is 0.0948. The number of hydrogen-bond acceptors (Lipinski definition) is 10. The van der Waals surface area contributed by atoms with Crippen molar-refractivity contribution in [2.75, 3.05) is 38.8 Å². The molecule has 0 aliphatic carbocycles. The summed E-state index contributed by atoms with van der Waals surface area (Å²) >= 11 is 0. The first-order valence-electron chi connectivity index (χ1n) is 8.65. The number of carbonyl (C=O) groups excluding carboxylic acids is 1. The fourth-order valence-electron chi connectivity index (χ4n) is 2.50. The molecule has 12 nitrogen and oxygen atoms in total. The first kappa shape index (κ1) is 19.9. The van der Waals surface area contributed by atoms with Crippen LogP contribution in [0.15, 0.2) is 34.0 Å². The number of nitrogens with two attached hydrogens (primary N) is 1. The summed E-state index contributed by atoms with van der Waals surface area (Å²) in [4.78, 5) is 16.4. The van der Waals surface area contributed by atoms with Crippen LogP contribution in [0.1, 0.15) is 21.7 Å². The van der Waals surface area contributed by atoms with Crippen molar-refractivity contribution in [2.45, 2.75) is 6.54 Å². The third-order valence-electron chi connectivity index (χ3n) is 3.93. The highest BCUT2D eigenvalue weighted by Gasteiger charge is 2.24. The van der Waals surface area contributed by atoms with Gasteiger partial charge >= 0.3 is 0 Å². The molecule has 0 saturated heterocycles. The van der Waals surface area contributed by atoms with Gasteiger partial charge in [0.2, 0.25) is 11.6 Å². The molecule has 2 aromatic heterocycles. The molecule has 0 aliphatic rings. The molecule has 0 aliphatic heterocycles. The summed E-state index contributed by atoms with van der Waals surface area (Å²) in [6, 6.07) is 7.72. The van der Waals surface area contributed by atoms with Crippen LogP contribution in [-0.2, 0) is 6.54 Å². The zero-order chi connectivity index (χ0) is 21.0. The van der Waals surface area contributed by atoms with Gasteiger partial charge in [0.05, 0.1) is 11.9 Å². The molecule has 0 saturated carbocycles. The van der Waals surface area contributed by atoms with E-state index in [1.54, 1.807) is 6.21 Å². The van der Waals surface area contributed by atoms with Crippen LogP contribution >= 0.6 is 0 Å². The molecule has 0 unspecified atom stereocenters. The Labute approximate surface area is 166 Å². The Bertz CT molecular complexity index is 1000. The molecule has 0 radical (unpaired) electrons. The fourth-order valence-corrected chi connectivity index (χ4v) is 2.50. The van der Waals surface area contributed by atoms with Crippen molar-refractivity contribution in [3.8, 4) is 5.82 Å². The Kier molecular flexibility index (Phi) is 5.83. The zero-order valence-corrected chi connectivity index (χ0v) is 16.6. The summed E-state index contributed by atoms with van der Waals surface area (Å²) in [5, 5.41) is 19.2. The lowest BCUT2D eigenvalue weighted by Gasteiger charge is -2.11. The van der Waals surface area contributed by atoms with E-state index in [-0.39, 0.29) is 17.3 Å². The molecule has 2 heterocycles. The number of carbonyl (C=O) groups is 1. The highest BCUT2D eigenvalue weighted by molar-refractivity contribution is 5.94. The average molecular weight is 398 g/mol. The smallest absolute Gasteiger partial charge is 0.293 e. The van der Waals surface area contributed by atoms with Gasteiger partial charge in [-0.15, -0.1) is 5.10 Å². The molecule has 0 atom stereocenters. The Morgan fingerprint density at radius 1 is 1.24 bits per heavy atom. The molecule has 3 aromatic rings. The van der Waals surface area contributed by atoms with Gasteiger partial charge in [0.15, 0.2) is 5.69 Å². The molecule has 152 valence electrons. The molecule has 0 bridgehead atoms. The molecule has 1 amide bonds. The molecule has 3 rings (SSSR count). The minimum absolute atomic E-state index is 0.0426. The number of rotatable bonds is 7. The Morgan fingerprint density at radius 2 is 1.97 bits per heavy atom. The van der Waals surface area contributed by atoms with Crippen LogP contribution in [0, 0.1) is 0 Å². The van der Waals surface area contributed by atoms with Crippen LogP contribution in [0.25, 0.3) is 5.82 Å². The van der Waals surface area contributed by atoms with Crippen molar-refractivity contribution in [2.24, 2.45) is 5.10 Å². The van der Waals surface area contributed by atoms with Crippen molar-refractivity contribution >= 4 is 23.6 Å². The molecule has 3 N–H and O–H groups in total. The highest BCUT2D eigenvalue weighted by Crippen LogP contribution is 2.17. The summed E-state index contributed by atoms with van der Waals surface area (Å²) in [7, 11) is 7.62. The minimum atomic E-state index is -0.510. The summed E-state index contributed by atoms with van der Waals surface area (Å²) in [5.74, 6) is -0.303. The van der Waals surface area contributed by atoms with Crippen LogP contribution in [0.3, 0.4) is 0 Å². The maximum absolute atomic E-state index is 12.6. The lowest BCUT2D eigenvalue weighted by Crippen LogP contribution is -2.23. The van der Waals surface area contributed by atoms with Crippen molar-refractivity contribution < 1.29 is 9.42 Å². The van der Waals surface area contributed by atoms with Gasteiger partial charge in [-0.3, -0.25) is 4.79 Å². The Morgan fingerprint density at radius 3 is 2.55 bits per heavy atom. The second kappa shape index (κ2) is 8.48. The van der Waals surface area contributed by atoms with E-state index in [1.165, 1.54) is 4.68 Å².